The lowest BCUT2D eigenvalue weighted by atomic mass is 10.1. The number of nitrogens with zero attached hydrogens (tertiary/aromatic N) is 5. The van der Waals surface area contributed by atoms with Gasteiger partial charge in [-0.15, -0.1) is 0 Å². The Kier molecular flexibility index (Phi) is 4.10. The van der Waals surface area contributed by atoms with E-state index in [9.17, 15) is 10.1 Å². The number of anilines is 2. The summed E-state index contributed by atoms with van der Waals surface area (Å²) in [5.41, 5.74) is 1.85. The molecule has 0 aliphatic carbocycles. The fourth-order valence-corrected chi connectivity index (χ4v) is 2.98. The molecule has 120 valence electrons. The summed E-state index contributed by atoms with van der Waals surface area (Å²) in [4.78, 5) is 23.8. The number of hydrogen-bond acceptors (Lipinski definition) is 6. The first kappa shape index (κ1) is 15.2. The molecule has 2 heterocycles. The minimum atomic E-state index is -0.303. The first-order valence-corrected chi connectivity index (χ1v) is 7.60. The monoisotopic (exact) mass is 313 g/mol. The zero-order chi connectivity index (χ0) is 16.4. The van der Waals surface area contributed by atoms with Crippen LogP contribution in [0.25, 0.3) is 0 Å². The highest BCUT2D eigenvalue weighted by Crippen LogP contribution is 2.32. The van der Waals surface area contributed by atoms with E-state index < -0.39 is 0 Å². The zero-order valence-corrected chi connectivity index (χ0v) is 13.3. The number of nitro benzene ring substituents is 1. The summed E-state index contributed by atoms with van der Waals surface area (Å²) >= 11 is 0. The molecule has 7 nitrogen and oxygen atoms in total. The molecule has 0 saturated carbocycles. The van der Waals surface area contributed by atoms with Gasteiger partial charge in [0, 0.05) is 38.4 Å². The van der Waals surface area contributed by atoms with Crippen molar-refractivity contribution in [2.45, 2.75) is 13.8 Å². The smallest absolute Gasteiger partial charge is 0.292 e. The molecule has 23 heavy (non-hydrogen) atoms. The van der Waals surface area contributed by atoms with Gasteiger partial charge in [-0.2, -0.15) is 0 Å². The average molecular weight is 313 g/mol. The Bertz CT molecular complexity index is 726. The van der Waals surface area contributed by atoms with Gasteiger partial charge in [-0.05, 0) is 25.5 Å². The number of aryl methyl sites for hydroxylation is 2. The average Bonchev–Trinajstić information content (AvgIpc) is 2.55. The third-order valence-electron chi connectivity index (χ3n) is 4.09. The molecule has 1 aromatic carbocycles. The van der Waals surface area contributed by atoms with Gasteiger partial charge in [0.25, 0.3) is 5.69 Å². The van der Waals surface area contributed by atoms with Crippen molar-refractivity contribution in [1.29, 1.82) is 0 Å². The van der Waals surface area contributed by atoms with Crippen molar-refractivity contribution >= 4 is 17.2 Å². The summed E-state index contributed by atoms with van der Waals surface area (Å²) in [5.74, 6) is 1.66. The first-order chi connectivity index (χ1) is 11.1. The molecule has 0 atom stereocenters. The molecule has 1 saturated heterocycles. The number of hydrogen-bond donors (Lipinski definition) is 0. The third kappa shape index (κ3) is 3.08. The molecule has 0 unspecified atom stereocenters. The summed E-state index contributed by atoms with van der Waals surface area (Å²) in [7, 11) is 0. The Labute approximate surface area is 134 Å². The van der Waals surface area contributed by atoms with Crippen LogP contribution in [0.2, 0.25) is 0 Å². The van der Waals surface area contributed by atoms with E-state index in [1.54, 1.807) is 18.3 Å². The topological polar surface area (TPSA) is 75.4 Å². The fourth-order valence-electron chi connectivity index (χ4n) is 2.98. The summed E-state index contributed by atoms with van der Waals surface area (Å²) in [6.45, 7) is 6.81. The van der Waals surface area contributed by atoms with E-state index in [-0.39, 0.29) is 10.6 Å². The van der Waals surface area contributed by atoms with E-state index in [1.807, 2.05) is 26.0 Å². The largest absolute Gasteiger partial charge is 0.362 e. The lowest BCUT2D eigenvalue weighted by Crippen LogP contribution is -2.47. The maximum Gasteiger partial charge on any atom is 0.292 e. The van der Waals surface area contributed by atoms with Gasteiger partial charge in [-0.1, -0.05) is 12.1 Å². The minimum Gasteiger partial charge on any atom is -0.362 e. The first-order valence-electron chi connectivity index (χ1n) is 7.60. The van der Waals surface area contributed by atoms with Crippen LogP contribution in [0.1, 0.15) is 11.4 Å². The molecule has 0 radical (unpaired) electrons. The molecule has 1 aliphatic heterocycles. The standard InChI is InChI=1S/C16H19N5O2/c1-12-4-3-5-14(21(22)23)16(12)20-10-8-19(9-11-20)15-6-7-17-13(2)18-15/h3-7H,8-11H2,1-2H3. The highest BCUT2D eigenvalue weighted by molar-refractivity contribution is 5.68. The van der Waals surface area contributed by atoms with Crippen LogP contribution >= 0.6 is 0 Å². The Hall–Kier alpha value is -2.70. The summed E-state index contributed by atoms with van der Waals surface area (Å²) in [5, 5.41) is 11.3. The van der Waals surface area contributed by atoms with Crippen LogP contribution in [-0.2, 0) is 0 Å². The Balaban J connectivity index is 1.79. The van der Waals surface area contributed by atoms with Gasteiger partial charge >= 0.3 is 0 Å². The second-order valence-corrected chi connectivity index (χ2v) is 5.64. The fraction of sp³-hybridized carbons (Fsp3) is 0.375. The van der Waals surface area contributed by atoms with Crippen LogP contribution in [0.15, 0.2) is 30.5 Å². The number of para-hydroxylation sites is 1. The van der Waals surface area contributed by atoms with E-state index in [0.29, 0.717) is 0 Å². The SMILES string of the molecule is Cc1nccc(N2CCN(c3c(C)cccc3[N+](=O)[O-])CC2)n1. The van der Waals surface area contributed by atoms with Crippen molar-refractivity contribution in [1.82, 2.24) is 9.97 Å². The van der Waals surface area contributed by atoms with Gasteiger partial charge in [0.05, 0.1) is 4.92 Å². The lowest BCUT2D eigenvalue weighted by Gasteiger charge is -2.37. The molecule has 1 aliphatic rings. The molecule has 1 fully saturated rings. The molecule has 0 amide bonds. The predicted molar refractivity (Wildman–Crippen MR) is 89.0 cm³/mol. The molecule has 2 aromatic rings. The van der Waals surface area contributed by atoms with Crippen molar-refractivity contribution in [2.24, 2.45) is 0 Å². The van der Waals surface area contributed by atoms with Crippen molar-refractivity contribution < 1.29 is 4.92 Å². The lowest BCUT2D eigenvalue weighted by molar-refractivity contribution is -0.384. The highest BCUT2D eigenvalue weighted by Gasteiger charge is 2.25. The van der Waals surface area contributed by atoms with Crippen LogP contribution < -0.4 is 9.80 Å². The van der Waals surface area contributed by atoms with Gasteiger partial charge in [0.1, 0.15) is 17.3 Å². The van der Waals surface area contributed by atoms with Crippen molar-refractivity contribution in [3.63, 3.8) is 0 Å². The van der Waals surface area contributed by atoms with Crippen LogP contribution in [0, 0.1) is 24.0 Å². The quantitative estimate of drug-likeness (QED) is 0.639. The molecule has 3 rings (SSSR count). The van der Waals surface area contributed by atoms with E-state index in [1.165, 1.54) is 0 Å². The normalized spacial score (nSPS) is 14.9. The molecule has 0 spiro atoms. The maximum absolute atomic E-state index is 11.3. The van der Waals surface area contributed by atoms with Crippen LogP contribution in [0.5, 0.6) is 0 Å². The minimum absolute atomic E-state index is 0.177. The Morgan fingerprint density at radius 3 is 2.43 bits per heavy atom. The van der Waals surface area contributed by atoms with Crippen molar-refractivity contribution in [3.8, 4) is 0 Å². The van der Waals surface area contributed by atoms with Gasteiger partial charge in [0.15, 0.2) is 0 Å². The highest BCUT2D eigenvalue weighted by atomic mass is 16.6. The Morgan fingerprint density at radius 1 is 1.09 bits per heavy atom. The van der Waals surface area contributed by atoms with E-state index in [0.717, 1.165) is 49.1 Å². The molecular weight excluding hydrogens is 294 g/mol. The number of benzene rings is 1. The summed E-state index contributed by atoms with van der Waals surface area (Å²) in [6, 6.07) is 7.13. The van der Waals surface area contributed by atoms with Crippen LogP contribution in [0.4, 0.5) is 17.2 Å². The predicted octanol–water partition coefficient (Wildman–Crippen LogP) is 2.33. The molecule has 0 bridgehead atoms. The van der Waals surface area contributed by atoms with E-state index in [2.05, 4.69) is 19.8 Å². The zero-order valence-electron chi connectivity index (χ0n) is 13.3. The van der Waals surface area contributed by atoms with Crippen LogP contribution in [0.3, 0.4) is 0 Å². The van der Waals surface area contributed by atoms with Gasteiger partial charge in [-0.25, -0.2) is 9.97 Å². The van der Waals surface area contributed by atoms with Gasteiger partial charge in [-0.3, -0.25) is 10.1 Å². The van der Waals surface area contributed by atoms with Gasteiger partial charge < -0.3 is 9.80 Å². The second kappa shape index (κ2) is 6.20. The summed E-state index contributed by atoms with van der Waals surface area (Å²) < 4.78 is 0. The van der Waals surface area contributed by atoms with Crippen molar-refractivity contribution in [3.05, 3.63) is 52.0 Å². The molecule has 0 N–H and O–H groups in total. The van der Waals surface area contributed by atoms with Gasteiger partial charge in [0.2, 0.25) is 0 Å². The Morgan fingerprint density at radius 2 is 1.78 bits per heavy atom. The van der Waals surface area contributed by atoms with E-state index >= 15 is 0 Å². The van der Waals surface area contributed by atoms with Crippen molar-refractivity contribution in [2.75, 3.05) is 36.0 Å². The number of aromatic nitrogens is 2. The third-order valence-corrected chi connectivity index (χ3v) is 4.09. The molecule has 7 heteroatoms. The molecule has 1 aromatic heterocycles. The van der Waals surface area contributed by atoms with E-state index in [4.69, 9.17) is 0 Å². The maximum atomic E-state index is 11.3. The number of nitro groups is 1. The number of piperazine rings is 1. The second-order valence-electron chi connectivity index (χ2n) is 5.64. The number of rotatable bonds is 3. The molecular formula is C16H19N5O2. The van der Waals surface area contributed by atoms with Crippen LogP contribution in [-0.4, -0.2) is 41.1 Å². The summed E-state index contributed by atoms with van der Waals surface area (Å²) in [6.07, 6.45) is 1.76.